The summed E-state index contributed by atoms with van der Waals surface area (Å²) >= 11 is 0. The van der Waals surface area contributed by atoms with E-state index in [1.54, 1.807) is 7.11 Å². The van der Waals surface area contributed by atoms with Crippen molar-refractivity contribution in [3.8, 4) is 0 Å². The summed E-state index contributed by atoms with van der Waals surface area (Å²) in [7, 11) is 2.87. The maximum Gasteiger partial charge on any atom is 0.315 e. The van der Waals surface area contributed by atoms with E-state index >= 15 is 0 Å². The third-order valence-electron chi connectivity index (χ3n) is 2.58. The first-order valence-corrected chi connectivity index (χ1v) is 5.71. The summed E-state index contributed by atoms with van der Waals surface area (Å²) in [6.07, 6.45) is -0.467. The van der Waals surface area contributed by atoms with Gasteiger partial charge in [-0.25, -0.2) is 0 Å². The average Bonchev–Trinajstić information content (AvgIpc) is 2.89. The van der Waals surface area contributed by atoms with Crippen LogP contribution in [0.5, 0.6) is 0 Å². The molecule has 6 nitrogen and oxygen atoms in total. The smallest absolute Gasteiger partial charge is 0.315 e. The topological polar surface area (TPSA) is 74.5 Å². The van der Waals surface area contributed by atoms with E-state index < -0.39 is 12.1 Å². The van der Waals surface area contributed by atoms with E-state index in [-0.39, 0.29) is 12.3 Å². The minimum Gasteiger partial charge on any atom is -0.469 e. The number of nitrogens with zero attached hydrogens (tertiary/aromatic N) is 2. The second-order valence-electron chi connectivity index (χ2n) is 3.83. The molecule has 1 heterocycles. The summed E-state index contributed by atoms with van der Waals surface area (Å²) in [5.41, 5.74) is 0.912. The van der Waals surface area contributed by atoms with Gasteiger partial charge in [-0.3, -0.25) is 4.79 Å². The number of ether oxygens (including phenoxy) is 2. The monoisotopic (exact) mass is 262 g/mol. The Morgan fingerprint density at radius 3 is 2.68 bits per heavy atom. The zero-order valence-corrected chi connectivity index (χ0v) is 10.7. The van der Waals surface area contributed by atoms with Crippen molar-refractivity contribution < 1.29 is 18.8 Å². The molecule has 0 amide bonds. The lowest BCUT2D eigenvalue weighted by atomic mass is 10.1. The molecule has 0 N–H and O–H groups in total. The van der Waals surface area contributed by atoms with Crippen molar-refractivity contribution in [2.24, 2.45) is 0 Å². The molecule has 2 rings (SSSR count). The van der Waals surface area contributed by atoms with E-state index in [9.17, 15) is 4.79 Å². The number of hydrogen-bond donors (Lipinski definition) is 0. The molecule has 19 heavy (non-hydrogen) atoms. The predicted octanol–water partition coefficient (Wildman–Crippen LogP) is 1.52. The van der Waals surface area contributed by atoms with Crippen LogP contribution < -0.4 is 0 Å². The normalized spacial score (nSPS) is 12.1. The molecule has 0 spiro atoms. The van der Waals surface area contributed by atoms with Crippen LogP contribution >= 0.6 is 0 Å². The third-order valence-corrected chi connectivity index (χ3v) is 2.58. The number of benzene rings is 1. The van der Waals surface area contributed by atoms with Crippen molar-refractivity contribution in [1.82, 2.24) is 10.1 Å². The Labute approximate surface area is 110 Å². The number of carbonyl (C=O) groups is 1. The van der Waals surface area contributed by atoms with E-state index in [2.05, 4.69) is 14.9 Å². The van der Waals surface area contributed by atoms with E-state index in [1.807, 2.05) is 30.3 Å². The van der Waals surface area contributed by atoms with Crippen molar-refractivity contribution in [2.75, 3.05) is 14.2 Å². The molecule has 1 atom stereocenters. The zero-order valence-electron chi connectivity index (χ0n) is 10.7. The van der Waals surface area contributed by atoms with Crippen molar-refractivity contribution in [2.45, 2.75) is 12.5 Å². The summed E-state index contributed by atoms with van der Waals surface area (Å²) in [6.45, 7) is 0. The molecule has 0 bridgehead atoms. The van der Waals surface area contributed by atoms with Crippen LogP contribution in [-0.4, -0.2) is 30.3 Å². The lowest BCUT2D eigenvalue weighted by molar-refractivity contribution is -0.140. The molecular formula is C13H14N2O4. The quantitative estimate of drug-likeness (QED) is 0.760. The van der Waals surface area contributed by atoms with Crippen molar-refractivity contribution in [3.05, 3.63) is 47.6 Å². The van der Waals surface area contributed by atoms with Gasteiger partial charge in [0.25, 0.3) is 0 Å². The van der Waals surface area contributed by atoms with Crippen LogP contribution in [0.2, 0.25) is 0 Å². The van der Waals surface area contributed by atoms with Crippen molar-refractivity contribution >= 4 is 5.97 Å². The fraction of sp³-hybridized carbons (Fsp3) is 0.308. The molecule has 1 aromatic heterocycles. The zero-order chi connectivity index (χ0) is 13.7. The highest BCUT2D eigenvalue weighted by Gasteiger charge is 2.20. The van der Waals surface area contributed by atoms with Gasteiger partial charge in [-0.2, -0.15) is 4.98 Å². The van der Waals surface area contributed by atoms with Crippen LogP contribution in [-0.2, 0) is 20.7 Å². The standard InChI is InChI=1S/C13H14N2O4/c1-17-11(16)8-10-14-13(15-19-10)12(18-2)9-6-4-3-5-7-9/h3-7,12H,8H2,1-2H3. The predicted molar refractivity (Wildman–Crippen MR) is 65.3 cm³/mol. The number of carbonyl (C=O) groups excluding carboxylic acids is 1. The van der Waals surface area contributed by atoms with Gasteiger partial charge in [0.1, 0.15) is 12.5 Å². The lowest BCUT2D eigenvalue weighted by Gasteiger charge is -2.10. The van der Waals surface area contributed by atoms with Crippen LogP contribution in [0, 0.1) is 0 Å². The molecular weight excluding hydrogens is 248 g/mol. The van der Waals surface area contributed by atoms with Gasteiger partial charge in [0.2, 0.25) is 11.7 Å². The molecule has 0 aliphatic carbocycles. The highest BCUT2D eigenvalue weighted by molar-refractivity contribution is 5.71. The maximum atomic E-state index is 11.1. The Morgan fingerprint density at radius 1 is 1.32 bits per heavy atom. The molecule has 0 saturated carbocycles. The van der Waals surface area contributed by atoms with E-state index in [0.29, 0.717) is 5.82 Å². The molecule has 1 unspecified atom stereocenters. The fourth-order valence-electron chi connectivity index (χ4n) is 1.66. The molecule has 0 aliphatic rings. The number of aromatic nitrogens is 2. The molecule has 6 heteroatoms. The van der Waals surface area contributed by atoms with Gasteiger partial charge in [-0.05, 0) is 5.56 Å². The van der Waals surface area contributed by atoms with E-state index in [1.165, 1.54) is 7.11 Å². The first-order chi connectivity index (χ1) is 9.24. The van der Waals surface area contributed by atoms with Crippen molar-refractivity contribution in [3.63, 3.8) is 0 Å². The Bertz CT molecular complexity index is 539. The van der Waals surface area contributed by atoms with Gasteiger partial charge in [0.05, 0.1) is 7.11 Å². The molecule has 0 radical (unpaired) electrons. The summed E-state index contributed by atoms with van der Waals surface area (Å²) < 4.78 is 14.9. The van der Waals surface area contributed by atoms with Gasteiger partial charge < -0.3 is 14.0 Å². The fourth-order valence-corrected chi connectivity index (χ4v) is 1.66. The third kappa shape index (κ3) is 3.17. The maximum absolute atomic E-state index is 11.1. The van der Waals surface area contributed by atoms with E-state index in [4.69, 9.17) is 9.26 Å². The van der Waals surface area contributed by atoms with Gasteiger partial charge in [0.15, 0.2) is 0 Å². The van der Waals surface area contributed by atoms with Crippen molar-refractivity contribution in [1.29, 1.82) is 0 Å². The van der Waals surface area contributed by atoms with Crippen LogP contribution in [0.3, 0.4) is 0 Å². The van der Waals surface area contributed by atoms with Crippen LogP contribution in [0.25, 0.3) is 0 Å². The van der Waals surface area contributed by atoms with Crippen LogP contribution in [0.15, 0.2) is 34.9 Å². The second kappa shape index (κ2) is 6.10. The number of hydrogen-bond acceptors (Lipinski definition) is 6. The Balaban J connectivity index is 2.18. The number of methoxy groups -OCH3 is 2. The Kier molecular flexibility index (Phi) is 4.25. The molecule has 1 aromatic carbocycles. The number of esters is 1. The van der Waals surface area contributed by atoms with E-state index in [0.717, 1.165) is 5.56 Å². The molecule has 100 valence electrons. The lowest BCUT2D eigenvalue weighted by Crippen LogP contribution is -2.07. The van der Waals surface area contributed by atoms with Gasteiger partial charge in [0, 0.05) is 7.11 Å². The highest BCUT2D eigenvalue weighted by atomic mass is 16.5. The van der Waals surface area contributed by atoms with Gasteiger partial charge in [-0.1, -0.05) is 35.5 Å². The first kappa shape index (κ1) is 13.2. The Hall–Kier alpha value is -2.21. The average molecular weight is 262 g/mol. The molecule has 0 fully saturated rings. The summed E-state index contributed by atoms with van der Waals surface area (Å²) in [5, 5.41) is 3.83. The Morgan fingerprint density at radius 2 is 2.05 bits per heavy atom. The second-order valence-corrected chi connectivity index (χ2v) is 3.83. The van der Waals surface area contributed by atoms with Gasteiger partial charge in [-0.15, -0.1) is 0 Å². The summed E-state index contributed by atoms with van der Waals surface area (Å²) in [6, 6.07) is 9.53. The van der Waals surface area contributed by atoms with Gasteiger partial charge >= 0.3 is 5.97 Å². The molecule has 2 aromatic rings. The molecule has 0 saturated heterocycles. The SMILES string of the molecule is COC(=O)Cc1nc(C(OC)c2ccccc2)no1. The summed E-state index contributed by atoms with van der Waals surface area (Å²) in [5.74, 6) is 0.163. The largest absolute Gasteiger partial charge is 0.469 e. The van der Waals surface area contributed by atoms with Crippen LogP contribution in [0.1, 0.15) is 23.4 Å². The first-order valence-electron chi connectivity index (χ1n) is 5.71. The van der Waals surface area contributed by atoms with Crippen LogP contribution in [0.4, 0.5) is 0 Å². The minimum atomic E-state index is -0.427. The summed E-state index contributed by atoms with van der Waals surface area (Å²) in [4.78, 5) is 15.3. The molecule has 0 aliphatic heterocycles. The number of rotatable bonds is 5. The highest BCUT2D eigenvalue weighted by Crippen LogP contribution is 2.22. The minimum absolute atomic E-state index is 0.0469.